The second kappa shape index (κ2) is 11.6. The molecule has 234 valence electrons. The topological polar surface area (TPSA) is 43.6 Å². The van der Waals surface area contributed by atoms with Gasteiger partial charge in [0.2, 0.25) is 0 Å². The van der Waals surface area contributed by atoms with Gasteiger partial charge in [0.1, 0.15) is 0 Å². The van der Waals surface area contributed by atoms with Gasteiger partial charge in [-0.1, -0.05) is 140 Å². The number of nitrogens with zero attached hydrogens (tertiary/aromatic N) is 4. The van der Waals surface area contributed by atoms with E-state index in [4.69, 9.17) is 15.0 Å². The average Bonchev–Trinajstić information content (AvgIpc) is 3.75. The fourth-order valence-electron chi connectivity index (χ4n) is 7.26. The second-order valence-corrected chi connectivity index (χ2v) is 13.4. The van der Waals surface area contributed by atoms with Crippen LogP contribution in [0.4, 0.5) is 0 Å². The van der Waals surface area contributed by atoms with E-state index in [1.165, 1.54) is 48.4 Å². The first-order valence-electron chi connectivity index (χ1n) is 16.7. The molecule has 0 aliphatic heterocycles. The molecule has 4 nitrogen and oxygen atoms in total. The third-order valence-electron chi connectivity index (χ3n) is 9.46. The van der Waals surface area contributed by atoms with E-state index in [-0.39, 0.29) is 0 Å². The number of aromatic nitrogens is 4. The second-order valence-electron chi connectivity index (χ2n) is 12.4. The fourth-order valence-corrected chi connectivity index (χ4v) is 8.49. The van der Waals surface area contributed by atoms with Crippen molar-refractivity contribution in [2.24, 2.45) is 0 Å². The lowest BCUT2D eigenvalue weighted by Crippen LogP contribution is -2.00. The van der Waals surface area contributed by atoms with Gasteiger partial charge in [0.05, 0.1) is 16.7 Å². The maximum absolute atomic E-state index is 5.09. The van der Waals surface area contributed by atoms with Gasteiger partial charge in [0.25, 0.3) is 0 Å². The minimum atomic E-state index is 0.660. The van der Waals surface area contributed by atoms with Gasteiger partial charge in [-0.05, 0) is 41.5 Å². The van der Waals surface area contributed by atoms with Gasteiger partial charge in [-0.15, -0.1) is 11.3 Å². The summed E-state index contributed by atoms with van der Waals surface area (Å²) in [7, 11) is 0. The Labute approximate surface area is 292 Å². The number of benzene rings is 7. The molecule has 0 spiro atoms. The summed E-state index contributed by atoms with van der Waals surface area (Å²) in [5.41, 5.74) is 8.90. The van der Waals surface area contributed by atoms with Gasteiger partial charge in [-0.25, -0.2) is 15.0 Å². The Morgan fingerprint density at radius 1 is 0.380 bits per heavy atom. The van der Waals surface area contributed by atoms with Crippen molar-refractivity contribution in [2.45, 2.75) is 0 Å². The van der Waals surface area contributed by atoms with Crippen LogP contribution in [0.3, 0.4) is 0 Å². The molecule has 0 unspecified atom stereocenters. The Hall–Kier alpha value is -6.43. The molecule has 0 amide bonds. The molecule has 10 rings (SSSR count). The van der Waals surface area contributed by atoms with E-state index in [0.717, 1.165) is 27.1 Å². The molecule has 0 atom stereocenters. The van der Waals surface area contributed by atoms with Crippen LogP contribution in [0.15, 0.2) is 170 Å². The van der Waals surface area contributed by atoms with Crippen LogP contribution in [0.2, 0.25) is 0 Å². The number of hydrogen-bond acceptors (Lipinski definition) is 4. The van der Waals surface area contributed by atoms with Crippen LogP contribution in [0.25, 0.3) is 93.0 Å². The van der Waals surface area contributed by atoms with Crippen molar-refractivity contribution in [1.82, 2.24) is 19.5 Å². The lowest BCUT2D eigenvalue weighted by atomic mass is 9.99. The number of para-hydroxylation sites is 1. The van der Waals surface area contributed by atoms with Gasteiger partial charge in [0, 0.05) is 47.6 Å². The van der Waals surface area contributed by atoms with Gasteiger partial charge >= 0.3 is 0 Å². The Morgan fingerprint density at radius 3 is 1.64 bits per heavy atom. The molecule has 3 heterocycles. The summed E-state index contributed by atoms with van der Waals surface area (Å²) in [6.45, 7) is 0. The molecule has 7 aromatic carbocycles. The normalized spacial score (nSPS) is 11.6. The third kappa shape index (κ3) is 4.55. The quantitative estimate of drug-likeness (QED) is 0.185. The van der Waals surface area contributed by atoms with Crippen LogP contribution >= 0.6 is 11.3 Å². The molecule has 0 aliphatic carbocycles. The van der Waals surface area contributed by atoms with E-state index in [0.29, 0.717) is 17.5 Å². The molecule has 0 saturated heterocycles. The van der Waals surface area contributed by atoms with Crippen LogP contribution < -0.4 is 0 Å². The highest BCUT2D eigenvalue weighted by Gasteiger charge is 2.21. The van der Waals surface area contributed by atoms with Gasteiger partial charge < -0.3 is 4.57 Å². The van der Waals surface area contributed by atoms with E-state index in [9.17, 15) is 0 Å². The van der Waals surface area contributed by atoms with Crippen molar-refractivity contribution >= 4 is 53.3 Å². The molecule has 0 aliphatic rings. The zero-order chi connectivity index (χ0) is 33.0. The molecular weight excluding hydrogens is 629 g/mol. The number of hydrogen-bond donors (Lipinski definition) is 0. The lowest BCUT2D eigenvalue weighted by Gasteiger charge is -2.11. The standard InChI is InChI=1S/C45H28N4S/c1-4-15-29(16-5-1)32-22-13-26-37-40(32)33-21-10-11-25-36(33)49(37)38-27-14-28-39-41(38)34-23-12-24-35(42(34)50-39)45-47-43(30-17-6-2-7-18-30)46-44(48-45)31-19-8-3-9-20-31/h1-28H. The highest BCUT2D eigenvalue weighted by molar-refractivity contribution is 7.26. The molecule has 3 aromatic heterocycles. The highest BCUT2D eigenvalue weighted by Crippen LogP contribution is 2.45. The first-order valence-corrected chi connectivity index (χ1v) is 17.5. The van der Waals surface area contributed by atoms with Crippen molar-refractivity contribution < 1.29 is 0 Å². The predicted octanol–water partition coefficient (Wildman–Crippen LogP) is 12.0. The van der Waals surface area contributed by atoms with Gasteiger partial charge in [-0.2, -0.15) is 0 Å². The minimum Gasteiger partial charge on any atom is -0.309 e. The summed E-state index contributed by atoms with van der Waals surface area (Å²) in [6.07, 6.45) is 0. The summed E-state index contributed by atoms with van der Waals surface area (Å²) in [6, 6.07) is 59.6. The first-order chi connectivity index (χ1) is 24.8. The molecule has 0 fully saturated rings. The largest absolute Gasteiger partial charge is 0.309 e. The van der Waals surface area contributed by atoms with Crippen molar-refractivity contribution in [1.29, 1.82) is 0 Å². The molecule has 50 heavy (non-hydrogen) atoms. The van der Waals surface area contributed by atoms with E-state index < -0.39 is 0 Å². The maximum atomic E-state index is 5.09. The zero-order valence-corrected chi connectivity index (χ0v) is 27.7. The minimum absolute atomic E-state index is 0.660. The number of thiophene rings is 1. The van der Waals surface area contributed by atoms with E-state index >= 15 is 0 Å². The van der Waals surface area contributed by atoms with E-state index in [1.54, 1.807) is 11.3 Å². The third-order valence-corrected chi connectivity index (χ3v) is 10.7. The summed E-state index contributed by atoms with van der Waals surface area (Å²) in [4.78, 5) is 15.1. The molecule has 0 N–H and O–H groups in total. The maximum Gasteiger partial charge on any atom is 0.165 e. The predicted molar refractivity (Wildman–Crippen MR) is 209 cm³/mol. The van der Waals surface area contributed by atoms with Gasteiger partial charge in [0.15, 0.2) is 17.5 Å². The molecule has 5 heteroatoms. The summed E-state index contributed by atoms with van der Waals surface area (Å²) < 4.78 is 4.82. The van der Waals surface area contributed by atoms with Crippen molar-refractivity contribution in [3.8, 4) is 51.0 Å². The van der Waals surface area contributed by atoms with Gasteiger partial charge in [-0.3, -0.25) is 0 Å². The lowest BCUT2D eigenvalue weighted by molar-refractivity contribution is 1.08. The Kier molecular flexibility index (Phi) is 6.64. The van der Waals surface area contributed by atoms with Crippen molar-refractivity contribution in [3.05, 3.63) is 170 Å². The number of fused-ring (bicyclic) bond motifs is 6. The number of rotatable bonds is 5. The van der Waals surface area contributed by atoms with Crippen LogP contribution in [-0.2, 0) is 0 Å². The smallest absolute Gasteiger partial charge is 0.165 e. The van der Waals surface area contributed by atoms with Crippen LogP contribution in [0.1, 0.15) is 0 Å². The Bertz CT molecular complexity index is 2800. The monoisotopic (exact) mass is 656 g/mol. The van der Waals surface area contributed by atoms with Crippen LogP contribution in [0, 0.1) is 0 Å². The molecule has 0 bridgehead atoms. The fraction of sp³-hybridized carbons (Fsp3) is 0. The van der Waals surface area contributed by atoms with Crippen LogP contribution in [0.5, 0.6) is 0 Å². The van der Waals surface area contributed by atoms with Crippen molar-refractivity contribution in [2.75, 3.05) is 0 Å². The Balaban J connectivity index is 1.24. The molecular formula is C45H28N4S. The van der Waals surface area contributed by atoms with E-state index in [1.807, 2.05) is 36.4 Å². The molecule has 0 saturated carbocycles. The summed E-state index contributed by atoms with van der Waals surface area (Å²) >= 11 is 1.79. The summed E-state index contributed by atoms with van der Waals surface area (Å²) in [5, 5.41) is 4.92. The molecule has 10 aromatic rings. The first kappa shape index (κ1) is 28.6. The van der Waals surface area contributed by atoms with Crippen molar-refractivity contribution in [3.63, 3.8) is 0 Å². The zero-order valence-electron chi connectivity index (χ0n) is 26.9. The highest BCUT2D eigenvalue weighted by atomic mass is 32.1. The molecule has 0 radical (unpaired) electrons. The average molecular weight is 657 g/mol. The summed E-state index contributed by atoms with van der Waals surface area (Å²) in [5.74, 6) is 1.99. The SMILES string of the molecule is c1ccc(-c2nc(-c3ccccc3)nc(-c3cccc4c3sc3cccc(-n5c6ccccc6c6c(-c7ccccc7)cccc65)c34)n2)cc1. The van der Waals surface area contributed by atoms with Crippen LogP contribution in [-0.4, -0.2) is 19.5 Å². The van der Waals surface area contributed by atoms with E-state index in [2.05, 4.69) is 138 Å². The Morgan fingerprint density at radius 2 is 0.920 bits per heavy atom.